The van der Waals surface area contributed by atoms with Gasteiger partial charge in [0.05, 0.1) is 7.11 Å². The minimum absolute atomic E-state index is 0.0582. The topological polar surface area (TPSA) is 69.0 Å². The van der Waals surface area contributed by atoms with Gasteiger partial charge >= 0.3 is 0 Å². The summed E-state index contributed by atoms with van der Waals surface area (Å²) in [5, 5.41) is 13.1. The summed E-state index contributed by atoms with van der Waals surface area (Å²) in [6.07, 6.45) is 10.7. The van der Waals surface area contributed by atoms with Crippen molar-refractivity contribution in [3.05, 3.63) is 94.8 Å². The van der Waals surface area contributed by atoms with Gasteiger partial charge in [-0.15, -0.1) is 10.2 Å². The van der Waals surface area contributed by atoms with Gasteiger partial charge in [-0.3, -0.25) is 4.79 Å². The molecule has 200 valence electrons. The molecule has 7 heteroatoms. The van der Waals surface area contributed by atoms with E-state index in [0.29, 0.717) is 13.0 Å². The van der Waals surface area contributed by atoms with Crippen LogP contribution >= 0.6 is 11.8 Å². The number of aromatic nitrogens is 3. The highest BCUT2D eigenvalue weighted by atomic mass is 32.2. The Bertz CT molecular complexity index is 1250. The number of nitrogens with zero attached hydrogens (tertiary/aromatic N) is 3. The molecule has 0 spiro atoms. The average Bonchev–Trinajstić information content (AvgIpc) is 3.34. The van der Waals surface area contributed by atoms with Crippen LogP contribution in [-0.4, -0.2) is 33.5 Å². The zero-order chi connectivity index (χ0) is 26.6. The fourth-order valence-corrected chi connectivity index (χ4v) is 5.72. The van der Waals surface area contributed by atoms with Crippen LogP contribution in [0.25, 0.3) is 0 Å². The van der Waals surface area contributed by atoms with Gasteiger partial charge in [0.25, 0.3) is 0 Å². The molecule has 0 bridgehead atoms. The lowest BCUT2D eigenvalue weighted by Gasteiger charge is -2.14. The number of allylic oxidation sites excluding steroid dienone is 3. The van der Waals surface area contributed by atoms with Crippen LogP contribution in [0.3, 0.4) is 0 Å². The molecule has 1 aliphatic carbocycles. The number of carbonyl (C=O) groups excluding carboxylic acids is 1. The van der Waals surface area contributed by atoms with Gasteiger partial charge in [0.15, 0.2) is 5.16 Å². The number of ether oxygens (including phenoxy) is 1. The molecular weight excluding hydrogens is 492 g/mol. The first-order chi connectivity index (χ1) is 18.6. The van der Waals surface area contributed by atoms with Crippen LogP contribution in [0.4, 0.5) is 0 Å². The standard InChI is InChI=1S/C31H38N4O2S/c1-24-12-6-7-16-27(24)23-38-31-34-33-29(35(31)21-20-25-13-4-3-5-14-25)18-10-11-19-30(36)32-22-26-15-8-9-17-28(26)37-2/h3-6,8-9,12-15,17H,7,10-11,16,18-23H2,1-2H3,(H,32,36). The van der Waals surface area contributed by atoms with Crippen LogP contribution in [0.2, 0.25) is 0 Å². The van der Waals surface area contributed by atoms with E-state index < -0.39 is 0 Å². The summed E-state index contributed by atoms with van der Waals surface area (Å²) in [6.45, 7) is 3.53. The van der Waals surface area contributed by atoms with Gasteiger partial charge in [0, 0.05) is 37.2 Å². The fourth-order valence-electron chi connectivity index (χ4n) is 4.59. The number of benzene rings is 2. The molecule has 2 aromatic carbocycles. The van der Waals surface area contributed by atoms with Crippen LogP contribution in [0, 0.1) is 0 Å². The SMILES string of the molecule is COc1ccccc1CNC(=O)CCCCc1nnc(SCC2=C(C)C=CCC2)n1CCc1ccccc1. The van der Waals surface area contributed by atoms with Crippen LogP contribution in [0.15, 0.2) is 83.1 Å². The zero-order valence-electron chi connectivity index (χ0n) is 22.5. The van der Waals surface area contributed by atoms with Crippen molar-refractivity contribution < 1.29 is 9.53 Å². The number of para-hydroxylation sites is 1. The van der Waals surface area contributed by atoms with E-state index in [1.807, 2.05) is 24.3 Å². The molecule has 0 unspecified atom stereocenters. The molecule has 3 aromatic rings. The molecular formula is C31H38N4O2S. The smallest absolute Gasteiger partial charge is 0.220 e. The van der Waals surface area contributed by atoms with Crippen molar-refractivity contribution in [1.29, 1.82) is 0 Å². The van der Waals surface area contributed by atoms with E-state index in [2.05, 4.69) is 69.5 Å². The fraction of sp³-hybridized carbons (Fsp3) is 0.387. The Morgan fingerprint density at radius 3 is 2.68 bits per heavy atom. The molecule has 38 heavy (non-hydrogen) atoms. The second-order valence-electron chi connectivity index (χ2n) is 9.60. The van der Waals surface area contributed by atoms with Gasteiger partial charge < -0.3 is 14.6 Å². The third-order valence-electron chi connectivity index (χ3n) is 6.90. The third-order valence-corrected chi connectivity index (χ3v) is 7.95. The average molecular weight is 531 g/mol. The number of unbranched alkanes of at least 4 members (excludes halogenated alkanes) is 1. The molecule has 0 saturated carbocycles. The number of nitrogens with one attached hydrogen (secondary N) is 1. The second-order valence-corrected chi connectivity index (χ2v) is 10.5. The molecule has 0 fully saturated rings. The zero-order valence-corrected chi connectivity index (χ0v) is 23.3. The number of rotatable bonds is 14. The summed E-state index contributed by atoms with van der Waals surface area (Å²) in [6, 6.07) is 18.3. The Morgan fingerprint density at radius 1 is 1.05 bits per heavy atom. The largest absolute Gasteiger partial charge is 0.496 e. The molecule has 1 aromatic heterocycles. The van der Waals surface area contributed by atoms with Crippen molar-refractivity contribution >= 4 is 17.7 Å². The van der Waals surface area contributed by atoms with Gasteiger partial charge in [-0.1, -0.05) is 83.6 Å². The number of carbonyl (C=O) groups is 1. The summed E-state index contributed by atoms with van der Waals surface area (Å²) in [7, 11) is 1.65. The molecule has 0 radical (unpaired) electrons. The van der Waals surface area contributed by atoms with Crippen LogP contribution < -0.4 is 10.1 Å². The summed E-state index contributed by atoms with van der Waals surface area (Å²) < 4.78 is 7.66. The maximum atomic E-state index is 12.4. The van der Waals surface area contributed by atoms with E-state index >= 15 is 0 Å². The van der Waals surface area contributed by atoms with E-state index in [-0.39, 0.29) is 5.91 Å². The van der Waals surface area contributed by atoms with Gasteiger partial charge in [-0.2, -0.15) is 0 Å². The molecule has 0 saturated heterocycles. The van der Waals surface area contributed by atoms with Crippen molar-refractivity contribution in [2.45, 2.75) is 70.1 Å². The van der Waals surface area contributed by atoms with Crippen molar-refractivity contribution in [3.63, 3.8) is 0 Å². The number of hydrogen-bond acceptors (Lipinski definition) is 5. The molecule has 1 heterocycles. The molecule has 1 aliphatic rings. The summed E-state index contributed by atoms with van der Waals surface area (Å²) in [5.41, 5.74) is 5.17. The predicted molar refractivity (Wildman–Crippen MR) is 154 cm³/mol. The molecule has 1 N–H and O–H groups in total. The van der Waals surface area contributed by atoms with Crippen molar-refractivity contribution in [2.75, 3.05) is 12.9 Å². The summed E-state index contributed by atoms with van der Waals surface area (Å²) in [4.78, 5) is 12.4. The van der Waals surface area contributed by atoms with Crippen molar-refractivity contribution in [2.24, 2.45) is 0 Å². The Labute approximate surface area is 230 Å². The Morgan fingerprint density at radius 2 is 1.87 bits per heavy atom. The summed E-state index contributed by atoms with van der Waals surface area (Å²) in [5.74, 6) is 2.81. The Kier molecular flexibility index (Phi) is 10.6. The molecule has 6 nitrogen and oxygen atoms in total. The third kappa shape index (κ3) is 8.09. The van der Waals surface area contributed by atoms with E-state index in [1.54, 1.807) is 18.9 Å². The number of amides is 1. The maximum absolute atomic E-state index is 12.4. The minimum atomic E-state index is 0.0582. The van der Waals surface area contributed by atoms with E-state index in [4.69, 9.17) is 4.74 Å². The number of aryl methyl sites for hydroxylation is 2. The van der Waals surface area contributed by atoms with E-state index in [9.17, 15) is 4.79 Å². The van der Waals surface area contributed by atoms with Crippen LogP contribution in [0.1, 0.15) is 56.0 Å². The first kappa shape index (κ1) is 27.7. The number of thioether (sulfide) groups is 1. The highest BCUT2D eigenvalue weighted by Crippen LogP contribution is 2.27. The quantitative estimate of drug-likeness (QED) is 0.195. The Hall–Kier alpha value is -3.32. The van der Waals surface area contributed by atoms with Crippen LogP contribution in [-0.2, 0) is 30.7 Å². The number of hydrogen-bond donors (Lipinski definition) is 1. The number of methoxy groups -OCH3 is 1. The van der Waals surface area contributed by atoms with E-state index in [0.717, 1.165) is 73.1 Å². The lowest BCUT2D eigenvalue weighted by molar-refractivity contribution is -0.121. The molecule has 1 amide bonds. The molecule has 0 atom stereocenters. The van der Waals surface area contributed by atoms with Crippen molar-refractivity contribution in [3.8, 4) is 5.75 Å². The maximum Gasteiger partial charge on any atom is 0.220 e. The van der Waals surface area contributed by atoms with Gasteiger partial charge in [0.1, 0.15) is 11.6 Å². The highest BCUT2D eigenvalue weighted by Gasteiger charge is 2.15. The first-order valence-corrected chi connectivity index (χ1v) is 14.4. The minimum Gasteiger partial charge on any atom is -0.496 e. The molecule has 4 rings (SSSR count). The van der Waals surface area contributed by atoms with Gasteiger partial charge in [-0.05, 0) is 50.7 Å². The second kappa shape index (κ2) is 14.6. The van der Waals surface area contributed by atoms with Crippen LogP contribution in [0.5, 0.6) is 5.75 Å². The predicted octanol–water partition coefficient (Wildman–Crippen LogP) is 6.32. The van der Waals surface area contributed by atoms with E-state index in [1.165, 1.54) is 16.7 Å². The van der Waals surface area contributed by atoms with Crippen molar-refractivity contribution in [1.82, 2.24) is 20.1 Å². The molecule has 0 aliphatic heterocycles. The first-order valence-electron chi connectivity index (χ1n) is 13.5. The monoisotopic (exact) mass is 530 g/mol. The highest BCUT2D eigenvalue weighted by molar-refractivity contribution is 7.99. The van der Waals surface area contributed by atoms with Gasteiger partial charge in [-0.25, -0.2) is 0 Å². The summed E-state index contributed by atoms with van der Waals surface area (Å²) >= 11 is 1.79. The Balaban J connectivity index is 1.31. The van der Waals surface area contributed by atoms with Gasteiger partial charge in [0.2, 0.25) is 5.91 Å². The lowest BCUT2D eigenvalue weighted by atomic mass is 10.0. The lowest BCUT2D eigenvalue weighted by Crippen LogP contribution is -2.22. The normalized spacial score (nSPS) is 13.1.